The van der Waals surface area contributed by atoms with Crippen LogP contribution in [0.5, 0.6) is 5.75 Å². The predicted molar refractivity (Wildman–Crippen MR) is 85.5 cm³/mol. The van der Waals surface area contributed by atoms with Gasteiger partial charge >= 0.3 is 0 Å². The molecule has 2 heteroatoms. The number of benzene rings is 1. The molecule has 0 fully saturated rings. The summed E-state index contributed by atoms with van der Waals surface area (Å²) in [5.41, 5.74) is 2.97. The number of ether oxygens (including phenoxy) is 1. The summed E-state index contributed by atoms with van der Waals surface area (Å²) >= 11 is 0. The second-order valence-electron chi connectivity index (χ2n) is 6.42. The molecule has 1 aromatic rings. The number of aryl methyl sites for hydroxylation is 1. The van der Waals surface area contributed by atoms with Crippen molar-refractivity contribution < 1.29 is 4.74 Å². The summed E-state index contributed by atoms with van der Waals surface area (Å²) in [6.45, 7) is 5.77. The van der Waals surface area contributed by atoms with E-state index in [0.717, 1.165) is 24.6 Å². The summed E-state index contributed by atoms with van der Waals surface area (Å²) in [4.78, 5) is 0. The SMILES string of the molecule is COc1ccc2c(c1)CC(NCCCCC(C)C)CC2. The zero-order valence-corrected chi connectivity index (χ0v) is 13.2. The van der Waals surface area contributed by atoms with Crippen LogP contribution >= 0.6 is 0 Å². The third-order valence-electron chi connectivity index (χ3n) is 4.28. The molecule has 0 bridgehead atoms. The van der Waals surface area contributed by atoms with Crippen LogP contribution in [0.25, 0.3) is 0 Å². The number of fused-ring (bicyclic) bond motifs is 1. The van der Waals surface area contributed by atoms with Crippen molar-refractivity contribution in [1.29, 1.82) is 0 Å². The van der Waals surface area contributed by atoms with Crippen LogP contribution in [0.15, 0.2) is 18.2 Å². The normalized spacial score (nSPS) is 18.1. The van der Waals surface area contributed by atoms with Crippen molar-refractivity contribution >= 4 is 0 Å². The van der Waals surface area contributed by atoms with E-state index in [2.05, 4.69) is 37.4 Å². The molecule has 20 heavy (non-hydrogen) atoms. The minimum atomic E-state index is 0.647. The van der Waals surface area contributed by atoms with Crippen molar-refractivity contribution in [3.63, 3.8) is 0 Å². The summed E-state index contributed by atoms with van der Waals surface area (Å²) < 4.78 is 5.33. The molecule has 2 nitrogen and oxygen atoms in total. The van der Waals surface area contributed by atoms with Gasteiger partial charge < -0.3 is 10.1 Å². The topological polar surface area (TPSA) is 21.3 Å². The molecular formula is C18H29NO. The maximum absolute atomic E-state index is 5.33. The maximum atomic E-state index is 5.33. The van der Waals surface area contributed by atoms with Crippen molar-refractivity contribution in [3.8, 4) is 5.75 Å². The monoisotopic (exact) mass is 275 g/mol. The molecule has 1 aliphatic rings. The van der Waals surface area contributed by atoms with E-state index in [9.17, 15) is 0 Å². The average Bonchev–Trinajstić information content (AvgIpc) is 2.45. The zero-order chi connectivity index (χ0) is 14.4. The standard InChI is InChI=1S/C18H29NO/c1-14(2)6-4-5-11-19-17-9-7-15-8-10-18(20-3)13-16(15)12-17/h8,10,13-14,17,19H,4-7,9,11-12H2,1-3H3. The first-order chi connectivity index (χ1) is 9.69. The molecule has 1 N–H and O–H groups in total. The predicted octanol–water partition coefficient (Wildman–Crippen LogP) is 3.97. The summed E-state index contributed by atoms with van der Waals surface area (Å²) in [5.74, 6) is 1.82. The van der Waals surface area contributed by atoms with Gasteiger partial charge in [0, 0.05) is 6.04 Å². The summed E-state index contributed by atoms with van der Waals surface area (Å²) in [6.07, 6.45) is 7.62. The molecular weight excluding hydrogens is 246 g/mol. The number of nitrogens with one attached hydrogen (secondary N) is 1. The molecule has 0 saturated carbocycles. The lowest BCUT2D eigenvalue weighted by Gasteiger charge is -2.26. The van der Waals surface area contributed by atoms with E-state index in [0.29, 0.717) is 6.04 Å². The lowest BCUT2D eigenvalue weighted by Crippen LogP contribution is -2.35. The van der Waals surface area contributed by atoms with Crippen molar-refractivity contribution in [2.45, 2.75) is 58.4 Å². The van der Waals surface area contributed by atoms with Gasteiger partial charge in [-0.25, -0.2) is 0 Å². The van der Waals surface area contributed by atoms with Crippen LogP contribution < -0.4 is 10.1 Å². The van der Waals surface area contributed by atoms with Gasteiger partial charge in [-0.1, -0.05) is 32.8 Å². The molecule has 1 aliphatic carbocycles. The smallest absolute Gasteiger partial charge is 0.119 e. The molecule has 0 heterocycles. The highest BCUT2D eigenvalue weighted by atomic mass is 16.5. The fourth-order valence-corrected chi connectivity index (χ4v) is 3.02. The summed E-state index contributed by atoms with van der Waals surface area (Å²) in [6, 6.07) is 7.17. The minimum Gasteiger partial charge on any atom is -0.497 e. The van der Waals surface area contributed by atoms with E-state index < -0.39 is 0 Å². The fourth-order valence-electron chi connectivity index (χ4n) is 3.02. The quantitative estimate of drug-likeness (QED) is 0.760. The minimum absolute atomic E-state index is 0.647. The molecule has 1 unspecified atom stereocenters. The summed E-state index contributed by atoms with van der Waals surface area (Å²) in [5, 5.41) is 3.73. The van der Waals surface area contributed by atoms with Gasteiger partial charge in [-0.2, -0.15) is 0 Å². The van der Waals surface area contributed by atoms with E-state index >= 15 is 0 Å². The highest BCUT2D eigenvalue weighted by Crippen LogP contribution is 2.25. The third-order valence-corrected chi connectivity index (χ3v) is 4.28. The first kappa shape index (κ1) is 15.4. The first-order valence-corrected chi connectivity index (χ1v) is 8.08. The molecule has 2 rings (SSSR count). The van der Waals surface area contributed by atoms with Gasteiger partial charge in [-0.15, -0.1) is 0 Å². The second-order valence-corrected chi connectivity index (χ2v) is 6.42. The Morgan fingerprint density at radius 3 is 2.85 bits per heavy atom. The van der Waals surface area contributed by atoms with E-state index in [1.54, 1.807) is 7.11 Å². The van der Waals surface area contributed by atoms with Gasteiger partial charge in [0.2, 0.25) is 0 Å². The van der Waals surface area contributed by atoms with Crippen molar-refractivity contribution in [2.75, 3.05) is 13.7 Å². The molecule has 0 aliphatic heterocycles. The molecule has 0 amide bonds. The first-order valence-electron chi connectivity index (χ1n) is 8.08. The molecule has 0 saturated heterocycles. The van der Waals surface area contributed by atoms with E-state index in [-0.39, 0.29) is 0 Å². The van der Waals surface area contributed by atoms with Gasteiger partial charge in [0.25, 0.3) is 0 Å². The Kier molecular flexibility index (Phi) is 5.90. The van der Waals surface area contributed by atoms with Crippen LogP contribution in [0.1, 0.15) is 50.7 Å². The van der Waals surface area contributed by atoms with Crippen LogP contribution in [-0.2, 0) is 12.8 Å². The van der Waals surface area contributed by atoms with Gasteiger partial charge in [0.05, 0.1) is 7.11 Å². The molecule has 1 aromatic carbocycles. The molecule has 112 valence electrons. The van der Waals surface area contributed by atoms with Gasteiger partial charge in [0.15, 0.2) is 0 Å². The average molecular weight is 275 g/mol. The largest absolute Gasteiger partial charge is 0.497 e. The number of methoxy groups -OCH3 is 1. The fraction of sp³-hybridized carbons (Fsp3) is 0.667. The summed E-state index contributed by atoms with van der Waals surface area (Å²) in [7, 11) is 1.75. The number of hydrogen-bond acceptors (Lipinski definition) is 2. The maximum Gasteiger partial charge on any atom is 0.119 e. The number of unbranched alkanes of at least 4 members (excludes halogenated alkanes) is 1. The molecule has 1 atom stereocenters. The lowest BCUT2D eigenvalue weighted by atomic mass is 9.88. The third kappa shape index (κ3) is 4.52. The van der Waals surface area contributed by atoms with Crippen LogP contribution in [0, 0.1) is 5.92 Å². The van der Waals surface area contributed by atoms with Crippen LogP contribution in [0.3, 0.4) is 0 Å². The highest BCUT2D eigenvalue weighted by Gasteiger charge is 2.18. The van der Waals surface area contributed by atoms with Crippen LogP contribution in [0.4, 0.5) is 0 Å². The van der Waals surface area contributed by atoms with Crippen molar-refractivity contribution in [2.24, 2.45) is 5.92 Å². The van der Waals surface area contributed by atoms with E-state index in [1.165, 1.54) is 43.2 Å². The Morgan fingerprint density at radius 2 is 2.10 bits per heavy atom. The van der Waals surface area contributed by atoms with E-state index in [4.69, 9.17) is 4.74 Å². The van der Waals surface area contributed by atoms with Gasteiger partial charge in [-0.05, 0) is 61.4 Å². The van der Waals surface area contributed by atoms with Crippen molar-refractivity contribution in [1.82, 2.24) is 5.32 Å². The Balaban J connectivity index is 1.76. The molecule has 0 radical (unpaired) electrons. The number of rotatable bonds is 7. The van der Waals surface area contributed by atoms with Gasteiger partial charge in [-0.3, -0.25) is 0 Å². The van der Waals surface area contributed by atoms with E-state index in [1.807, 2.05) is 0 Å². The second kappa shape index (κ2) is 7.68. The Bertz CT molecular complexity index is 414. The van der Waals surface area contributed by atoms with Crippen LogP contribution in [0.2, 0.25) is 0 Å². The Labute approximate surface area is 123 Å². The Morgan fingerprint density at radius 1 is 1.25 bits per heavy atom. The Hall–Kier alpha value is -1.02. The highest BCUT2D eigenvalue weighted by molar-refractivity contribution is 5.37. The number of hydrogen-bond donors (Lipinski definition) is 1. The molecule has 0 aromatic heterocycles. The van der Waals surface area contributed by atoms with Crippen LogP contribution in [-0.4, -0.2) is 19.7 Å². The van der Waals surface area contributed by atoms with Crippen molar-refractivity contribution in [3.05, 3.63) is 29.3 Å². The lowest BCUT2D eigenvalue weighted by molar-refractivity contribution is 0.410. The molecule has 0 spiro atoms. The zero-order valence-electron chi connectivity index (χ0n) is 13.2. The van der Waals surface area contributed by atoms with Gasteiger partial charge in [0.1, 0.15) is 5.75 Å².